The number of hydrogen-bond donors (Lipinski definition) is 1. The summed E-state index contributed by atoms with van der Waals surface area (Å²) in [6, 6.07) is 2.13. The number of piperidine rings is 1. The summed E-state index contributed by atoms with van der Waals surface area (Å²) in [6.07, 6.45) is -2.90. The molecule has 24 heavy (non-hydrogen) atoms. The van der Waals surface area contributed by atoms with Gasteiger partial charge in [-0.1, -0.05) is 0 Å². The van der Waals surface area contributed by atoms with Crippen molar-refractivity contribution in [3.63, 3.8) is 0 Å². The summed E-state index contributed by atoms with van der Waals surface area (Å²) in [5.41, 5.74) is -1.54. The summed E-state index contributed by atoms with van der Waals surface area (Å²) >= 11 is 0. The van der Waals surface area contributed by atoms with Crippen LogP contribution < -0.4 is 0 Å². The lowest BCUT2D eigenvalue weighted by atomic mass is 9.93. The van der Waals surface area contributed by atoms with Gasteiger partial charge < -0.3 is 10.0 Å². The highest BCUT2D eigenvalue weighted by molar-refractivity contribution is 5.94. The molecule has 1 aromatic rings. The van der Waals surface area contributed by atoms with Crippen molar-refractivity contribution in [2.45, 2.75) is 31.9 Å². The SMILES string of the molecule is O=C(O)CCC1CCCN(C(=O)c2ccc(C(F)(F)F)c(F)c2)C1. The van der Waals surface area contributed by atoms with Gasteiger partial charge in [0.25, 0.3) is 5.91 Å². The average molecular weight is 347 g/mol. The molecule has 0 bridgehead atoms. The third-order valence-corrected chi connectivity index (χ3v) is 4.09. The summed E-state index contributed by atoms with van der Waals surface area (Å²) < 4.78 is 51.3. The van der Waals surface area contributed by atoms with Crippen molar-refractivity contribution in [3.8, 4) is 0 Å². The van der Waals surface area contributed by atoms with Gasteiger partial charge in [0.15, 0.2) is 0 Å². The van der Waals surface area contributed by atoms with E-state index < -0.39 is 29.4 Å². The molecule has 2 rings (SSSR count). The first kappa shape index (κ1) is 18.2. The second kappa shape index (κ2) is 7.19. The highest BCUT2D eigenvalue weighted by atomic mass is 19.4. The van der Waals surface area contributed by atoms with Crippen LogP contribution in [-0.2, 0) is 11.0 Å². The summed E-state index contributed by atoms with van der Waals surface area (Å²) in [5, 5.41) is 8.71. The summed E-state index contributed by atoms with van der Waals surface area (Å²) in [7, 11) is 0. The van der Waals surface area contributed by atoms with Crippen molar-refractivity contribution in [3.05, 3.63) is 35.1 Å². The Morgan fingerprint density at radius 1 is 1.29 bits per heavy atom. The Labute approximate surface area is 136 Å². The van der Waals surface area contributed by atoms with Crippen LogP contribution in [0.1, 0.15) is 41.6 Å². The van der Waals surface area contributed by atoms with Gasteiger partial charge in [0, 0.05) is 25.1 Å². The molecule has 1 amide bonds. The van der Waals surface area contributed by atoms with E-state index in [1.807, 2.05) is 0 Å². The molecule has 8 heteroatoms. The van der Waals surface area contributed by atoms with Crippen molar-refractivity contribution in [2.24, 2.45) is 5.92 Å². The molecule has 1 unspecified atom stereocenters. The highest BCUT2D eigenvalue weighted by Crippen LogP contribution is 2.32. The Balaban J connectivity index is 2.08. The number of rotatable bonds is 4. The maximum Gasteiger partial charge on any atom is 0.419 e. The van der Waals surface area contributed by atoms with Gasteiger partial charge in [-0.3, -0.25) is 9.59 Å². The summed E-state index contributed by atoms with van der Waals surface area (Å²) in [6.45, 7) is 0.750. The highest BCUT2D eigenvalue weighted by Gasteiger charge is 2.34. The van der Waals surface area contributed by atoms with Crippen molar-refractivity contribution in [2.75, 3.05) is 13.1 Å². The predicted octanol–water partition coefficient (Wildman–Crippen LogP) is 3.56. The minimum atomic E-state index is -4.81. The van der Waals surface area contributed by atoms with E-state index in [2.05, 4.69) is 0 Å². The predicted molar refractivity (Wildman–Crippen MR) is 76.9 cm³/mol. The van der Waals surface area contributed by atoms with Crippen LogP contribution in [0.3, 0.4) is 0 Å². The van der Waals surface area contributed by atoms with Crippen LogP contribution in [0.15, 0.2) is 18.2 Å². The standard InChI is InChI=1S/C16H17F4NO3/c17-13-8-11(4-5-12(13)16(18,19)20)15(24)21-7-1-2-10(9-21)3-6-14(22)23/h4-5,8,10H,1-3,6-7,9H2,(H,22,23). The Hall–Kier alpha value is -2.12. The number of benzene rings is 1. The van der Waals surface area contributed by atoms with Crippen LogP contribution in [0.4, 0.5) is 17.6 Å². The van der Waals surface area contributed by atoms with E-state index >= 15 is 0 Å². The number of carbonyl (C=O) groups excluding carboxylic acids is 1. The quantitative estimate of drug-likeness (QED) is 0.848. The van der Waals surface area contributed by atoms with Crippen LogP contribution in [0, 0.1) is 11.7 Å². The zero-order valence-electron chi connectivity index (χ0n) is 12.8. The molecular formula is C16H17F4NO3. The van der Waals surface area contributed by atoms with Gasteiger partial charge >= 0.3 is 12.1 Å². The Bertz CT molecular complexity index is 630. The van der Waals surface area contributed by atoms with Crippen molar-refractivity contribution < 1.29 is 32.3 Å². The number of halogens is 4. The Kier molecular flexibility index (Phi) is 5.46. The number of carboxylic acid groups (broad SMARTS) is 1. The van der Waals surface area contributed by atoms with Crippen molar-refractivity contribution in [1.29, 1.82) is 0 Å². The number of hydrogen-bond acceptors (Lipinski definition) is 2. The third kappa shape index (κ3) is 4.46. The molecule has 1 heterocycles. The number of amides is 1. The zero-order valence-corrected chi connectivity index (χ0v) is 12.8. The lowest BCUT2D eigenvalue weighted by Gasteiger charge is -2.32. The Morgan fingerprint density at radius 3 is 2.58 bits per heavy atom. The second-order valence-corrected chi connectivity index (χ2v) is 5.88. The molecule has 1 N–H and O–H groups in total. The lowest BCUT2D eigenvalue weighted by molar-refractivity contribution is -0.140. The van der Waals surface area contributed by atoms with Gasteiger partial charge in [-0.05, 0) is 43.4 Å². The molecule has 1 saturated heterocycles. The van der Waals surface area contributed by atoms with Crippen molar-refractivity contribution in [1.82, 2.24) is 4.90 Å². The Morgan fingerprint density at radius 2 is 2.00 bits per heavy atom. The first-order valence-corrected chi connectivity index (χ1v) is 7.56. The van der Waals surface area contributed by atoms with Gasteiger partial charge in [-0.25, -0.2) is 4.39 Å². The zero-order chi connectivity index (χ0) is 17.9. The summed E-state index contributed by atoms with van der Waals surface area (Å²) in [5.74, 6) is -2.91. The third-order valence-electron chi connectivity index (χ3n) is 4.09. The van der Waals surface area contributed by atoms with Gasteiger partial charge in [-0.15, -0.1) is 0 Å². The fourth-order valence-electron chi connectivity index (χ4n) is 2.87. The molecule has 1 fully saturated rings. The summed E-state index contributed by atoms with van der Waals surface area (Å²) in [4.78, 5) is 24.4. The topological polar surface area (TPSA) is 57.6 Å². The molecular weight excluding hydrogens is 330 g/mol. The van der Waals surface area contributed by atoms with Crippen LogP contribution in [-0.4, -0.2) is 35.0 Å². The second-order valence-electron chi connectivity index (χ2n) is 5.88. The molecule has 0 spiro atoms. The van der Waals surface area contributed by atoms with Gasteiger partial charge in [0.05, 0.1) is 5.56 Å². The van der Waals surface area contributed by atoms with E-state index in [1.165, 1.54) is 4.90 Å². The maximum absolute atomic E-state index is 13.6. The first-order valence-electron chi connectivity index (χ1n) is 7.56. The number of carbonyl (C=O) groups is 2. The van der Waals surface area contributed by atoms with E-state index in [9.17, 15) is 27.2 Å². The van der Waals surface area contributed by atoms with E-state index in [4.69, 9.17) is 5.11 Å². The molecule has 1 atom stereocenters. The molecule has 132 valence electrons. The molecule has 0 aromatic heterocycles. The van der Waals surface area contributed by atoms with E-state index in [1.54, 1.807) is 0 Å². The molecule has 0 radical (unpaired) electrons. The van der Waals surface area contributed by atoms with Crippen LogP contribution in [0.25, 0.3) is 0 Å². The van der Waals surface area contributed by atoms with Gasteiger partial charge in [0.1, 0.15) is 5.82 Å². The van der Waals surface area contributed by atoms with Crippen molar-refractivity contribution >= 4 is 11.9 Å². The minimum Gasteiger partial charge on any atom is -0.481 e. The normalized spacial score (nSPS) is 18.5. The molecule has 1 aromatic carbocycles. The molecule has 0 aliphatic carbocycles. The van der Waals surface area contributed by atoms with E-state index in [-0.39, 0.29) is 17.9 Å². The van der Waals surface area contributed by atoms with Crippen LogP contribution in [0.5, 0.6) is 0 Å². The molecule has 1 aliphatic rings. The van der Waals surface area contributed by atoms with Crippen LogP contribution >= 0.6 is 0 Å². The minimum absolute atomic E-state index is 0.00159. The number of likely N-dealkylation sites (tertiary alicyclic amines) is 1. The average Bonchev–Trinajstić information content (AvgIpc) is 2.51. The number of alkyl halides is 3. The monoisotopic (exact) mass is 347 g/mol. The van der Waals surface area contributed by atoms with E-state index in [0.717, 1.165) is 12.5 Å². The largest absolute Gasteiger partial charge is 0.481 e. The number of nitrogens with zero attached hydrogens (tertiary/aromatic N) is 1. The molecule has 4 nitrogen and oxygen atoms in total. The van der Waals surface area contributed by atoms with Gasteiger partial charge in [-0.2, -0.15) is 13.2 Å². The number of carboxylic acids is 1. The first-order chi connectivity index (χ1) is 11.2. The fourth-order valence-corrected chi connectivity index (χ4v) is 2.87. The lowest BCUT2D eigenvalue weighted by Crippen LogP contribution is -2.40. The molecule has 0 saturated carbocycles. The number of aliphatic carboxylic acids is 1. The molecule has 1 aliphatic heterocycles. The smallest absolute Gasteiger partial charge is 0.419 e. The van der Waals surface area contributed by atoms with Gasteiger partial charge in [0.2, 0.25) is 0 Å². The fraction of sp³-hybridized carbons (Fsp3) is 0.500. The van der Waals surface area contributed by atoms with Crippen LogP contribution in [0.2, 0.25) is 0 Å². The van der Waals surface area contributed by atoms with E-state index in [0.29, 0.717) is 38.1 Å². The maximum atomic E-state index is 13.6.